The predicted molar refractivity (Wildman–Crippen MR) is 71.0 cm³/mol. The minimum absolute atomic E-state index is 0.296. The average molecular weight is 237 g/mol. The van der Waals surface area contributed by atoms with Gasteiger partial charge in [0.1, 0.15) is 5.75 Å². The number of hydrazine groups is 1. The highest BCUT2D eigenvalue weighted by molar-refractivity contribution is 5.28. The monoisotopic (exact) mass is 237 g/mol. The van der Waals surface area contributed by atoms with Crippen molar-refractivity contribution in [2.75, 3.05) is 27.7 Å². The van der Waals surface area contributed by atoms with Crippen molar-refractivity contribution in [2.45, 2.75) is 18.9 Å². The molecule has 4 nitrogen and oxygen atoms in total. The van der Waals surface area contributed by atoms with Crippen molar-refractivity contribution in [2.24, 2.45) is 5.84 Å². The van der Waals surface area contributed by atoms with Gasteiger partial charge in [0, 0.05) is 6.04 Å². The fourth-order valence-electron chi connectivity index (χ4n) is 1.74. The molecule has 1 aromatic rings. The van der Waals surface area contributed by atoms with E-state index in [1.807, 2.05) is 12.1 Å². The second-order valence-corrected chi connectivity index (χ2v) is 4.51. The van der Waals surface area contributed by atoms with E-state index in [0.717, 1.165) is 25.1 Å². The lowest BCUT2D eigenvalue weighted by Gasteiger charge is -2.18. The minimum atomic E-state index is 0.296. The molecule has 1 rings (SSSR count). The SMILES string of the molecule is COc1cccc(CC(CCN(C)C)NN)c1. The summed E-state index contributed by atoms with van der Waals surface area (Å²) in [6.07, 6.45) is 1.95. The summed E-state index contributed by atoms with van der Waals surface area (Å²) in [5.74, 6) is 6.47. The van der Waals surface area contributed by atoms with Gasteiger partial charge in [-0.1, -0.05) is 12.1 Å². The standard InChI is InChI=1S/C13H23N3O/c1-16(2)8-7-12(15-14)9-11-5-4-6-13(10-11)17-3/h4-6,10,12,15H,7-9,14H2,1-3H3. The van der Waals surface area contributed by atoms with Crippen LogP contribution < -0.4 is 16.0 Å². The molecular formula is C13H23N3O. The number of nitrogens with one attached hydrogen (secondary N) is 1. The summed E-state index contributed by atoms with van der Waals surface area (Å²) < 4.78 is 5.21. The van der Waals surface area contributed by atoms with Crippen molar-refractivity contribution in [3.8, 4) is 5.75 Å². The first-order valence-corrected chi connectivity index (χ1v) is 5.89. The van der Waals surface area contributed by atoms with Crippen molar-refractivity contribution in [3.05, 3.63) is 29.8 Å². The number of benzene rings is 1. The molecule has 0 aliphatic carbocycles. The number of methoxy groups -OCH3 is 1. The van der Waals surface area contributed by atoms with Gasteiger partial charge in [-0.25, -0.2) is 0 Å². The Morgan fingerprint density at radius 3 is 2.76 bits per heavy atom. The van der Waals surface area contributed by atoms with E-state index in [9.17, 15) is 0 Å². The molecule has 4 heteroatoms. The average Bonchev–Trinajstić information content (AvgIpc) is 2.34. The summed E-state index contributed by atoms with van der Waals surface area (Å²) in [5.41, 5.74) is 4.12. The maximum absolute atomic E-state index is 5.58. The normalized spacial score (nSPS) is 12.8. The highest BCUT2D eigenvalue weighted by Crippen LogP contribution is 2.14. The fraction of sp³-hybridized carbons (Fsp3) is 0.538. The maximum atomic E-state index is 5.58. The Kier molecular flexibility index (Phi) is 5.97. The zero-order valence-corrected chi connectivity index (χ0v) is 10.9. The summed E-state index contributed by atoms with van der Waals surface area (Å²) in [5, 5.41) is 0. The lowest BCUT2D eigenvalue weighted by atomic mass is 10.0. The third-order valence-electron chi connectivity index (χ3n) is 2.78. The second-order valence-electron chi connectivity index (χ2n) is 4.51. The van der Waals surface area contributed by atoms with E-state index >= 15 is 0 Å². The van der Waals surface area contributed by atoms with Crippen LogP contribution in [0.1, 0.15) is 12.0 Å². The Morgan fingerprint density at radius 2 is 2.18 bits per heavy atom. The van der Waals surface area contributed by atoms with Crippen LogP contribution in [0, 0.1) is 0 Å². The molecule has 1 aromatic carbocycles. The summed E-state index contributed by atoms with van der Waals surface area (Å²) in [7, 11) is 5.82. The van der Waals surface area contributed by atoms with Crippen LogP contribution in [0.15, 0.2) is 24.3 Å². The molecule has 3 N–H and O–H groups in total. The summed E-state index contributed by atoms with van der Waals surface area (Å²) in [6, 6.07) is 8.41. The zero-order valence-electron chi connectivity index (χ0n) is 10.9. The molecule has 1 atom stereocenters. The zero-order chi connectivity index (χ0) is 12.7. The number of hydrogen-bond donors (Lipinski definition) is 2. The smallest absolute Gasteiger partial charge is 0.119 e. The molecule has 0 amide bonds. The van der Waals surface area contributed by atoms with Crippen LogP contribution in [-0.2, 0) is 6.42 Å². The fourth-order valence-corrected chi connectivity index (χ4v) is 1.74. The highest BCUT2D eigenvalue weighted by atomic mass is 16.5. The Bertz CT molecular complexity index is 328. The molecule has 0 heterocycles. The molecule has 0 saturated carbocycles. The molecule has 0 radical (unpaired) electrons. The first-order chi connectivity index (χ1) is 8.15. The Hall–Kier alpha value is -1.10. The van der Waals surface area contributed by atoms with Gasteiger partial charge >= 0.3 is 0 Å². The molecule has 0 saturated heterocycles. The van der Waals surface area contributed by atoms with E-state index in [4.69, 9.17) is 10.6 Å². The Morgan fingerprint density at radius 1 is 1.41 bits per heavy atom. The number of nitrogens with zero attached hydrogens (tertiary/aromatic N) is 1. The maximum Gasteiger partial charge on any atom is 0.119 e. The molecule has 0 aromatic heterocycles. The van der Waals surface area contributed by atoms with Crippen LogP contribution in [0.25, 0.3) is 0 Å². The largest absolute Gasteiger partial charge is 0.497 e. The second kappa shape index (κ2) is 7.27. The minimum Gasteiger partial charge on any atom is -0.497 e. The lowest BCUT2D eigenvalue weighted by Crippen LogP contribution is -2.38. The van der Waals surface area contributed by atoms with E-state index in [-0.39, 0.29) is 0 Å². The van der Waals surface area contributed by atoms with Gasteiger partial charge in [0.15, 0.2) is 0 Å². The van der Waals surface area contributed by atoms with Crippen molar-refractivity contribution >= 4 is 0 Å². The third kappa shape index (κ3) is 5.17. The number of hydrogen-bond acceptors (Lipinski definition) is 4. The number of nitrogens with two attached hydrogens (primary N) is 1. The van der Waals surface area contributed by atoms with Crippen LogP contribution >= 0.6 is 0 Å². The van der Waals surface area contributed by atoms with Crippen molar-refractivity contribution in [1.82, 2.24) is 10.3 Å². The molecule has 0 aliphatic heterocycles. The van der Waals surface area contributed by atoms with E-state index in [1.165, 1.54) is 5.56 Å². The van der Waals surface area contributed by atoms with Gasteiger partial charge < -0.3 is 9.64 Å². The topological polar surface area (TPSA) is 50.5 Å². The van der Waals surface area contributed by atoms with Crippen LogP contribution in [0.2, 0.25) is 0 Å². The number of ether oxygens (including phenoxy) is 1. The van der Waals surface area contributed by atoms with Gasteiger partial charge in [0.05, 0.1) is 7.11 Å². The summed E-state index contributed by atoms with van der Waals surface area (Å²) in [4.78, 5) is 2.16. The molecule has 1 unspecified atom stereocenters. The lowest BCUT2D eigenvalue weighted by molar-refractivity contribution is 0.358. The van der Waals surface area contributed by atoms with E-state index in [0.29, 0.717) is 6.04 Å². The van der Waals surface area contributed by atoms with E-state index in [1.54, 1.807) is 7.11 Å². The van der Waals surface area contributed by atoms with Crippen molar-refractivity contribution in [3.63, 3.8) is 0 Å². The first kappa shape index (κ1) is 14.0. The Labute approximate surface area is 104 Å². The van der Waals surface area contributed by atoms with Crippen LogP contribution in [0.5, 0.6) is 5.75 Å². The van der Waals surface area contributed by atoms with Gasteiger partial charge in [0.2, 0.25) is 0 Å². The van der Waals surface area contributed by atoms with Crippen molar-refractivity contribution < 1.29 is 4.74 Å². The van der Waals surface area contributed by atoms with Gasteiger partial charge in [-0.05, 0) is 51.2 Å². The molecule has 0 aliphatic rings. The molecule has 0 bridgehead atoms. The molecule has 0 spiro atoms. The Balaban J connectivity index is 2.54. The van der Waals surface area contributed by atoms with Crippen LogP contribution in [0.3, 0.4) is 0 Å². The van der Waals surface area contributed by atoms with Gasteiger partial charge in [-0.2, -0.15) is 0 Å². The molecule has 0 fully saturated rings. The van der Waals surface area contributed by atoms with Crippen LogP contribution in [-0.4, -0.2) is 38.7 Å². The summed E-state index contributed by atoms with van der Waals surface area (Å²) >= 11 is 0. The molecule has 17 heavy (non-hydrogen) atoms. The quantitative estimate of drug-likeness (QED) is 0.549. The van der Waals surface area contributed by atoms with E-state index < -0.39 is 0 Å². The predicted octanol–water partition coefficient (Wildman–Crippen LogP) is 1.02. The van der Waals surface area contributed by atoms with E-state index in [2.05, 4.69) is 36.6 Å². The first-order valence-electron chi connectivity index (χ1n) is 5.89. The van der Waals surface area contributed by atoms with Gasteiger partial charge in [0.25, 0.3) is 0 Å². The third-order valence-corrected chi connectivity index (χ3v) is 2.78. The van der Waals surface area contributed by atoms with Crippen LogP contribution in [0.4, 0.5) is 0 Å². The van der Waals surface area contributed by atoms with Gasteiger partial charge in [-0.15, -0.1) is 0 Å². The van der Waals surface area contributed by atoms with Gasteiger partial charge in [-0.3, -0.25) is 11.3 Å². The number of rotatable bonds is 7. The van der Waals surface area contributed by atoms with Crippen molar-refractivity contribution in [1.29, 1.82) is 0 Å². The highest BCUT2D eigenvalue weighted by Gasteiger charge is 2.08. The molecule has 96 valence electrons. The summed E-state index contributed by atoms with van der Waals surface area (Å²) in [6.45, 7) is 1.03. The molecular weight excluding hydrogens is 214 g/mol.